The van der Waals surface area contributed by atoms with Crippen LogP contribution in [-0.2, 0) is 9.53 Å². The number of halogens is 2. The van der Waals surface area contributed by atoms with Crippen LogP contribution in [0.4, 0.5) is 8.78 Å². The average Bonchev–Trinajstić information content (AvgIpc) is 3.34. The van der Waals surface area contributed by atoms with Crippen molar-refractivity contribution < 1.29 is 86.1 Å². The van der Waals surface area contributed by atoms with E-state index in [2.05, 4.69) is 24.9 Å². The number of carboxylic acid groups (broad SMARTS) is 2. The first kappa shape index (κ1) is 31.3. The second-order valence-corrected chi connectivity index (χ2v) is 5.70. The zero-order chi connectivity index (χ0) is 23.6. The van der Waals surface area contributed by atoms with Crippen molar-refractivity contribution >= 4 is 35.5 Å². The third-order valence-electron chi connectivity index (χ3n) is 3.78. The van der Waals surface area contributed by atoms with Crippen molar-refractivity contribution in [2.24, 2.45) is 0 Å². The zero-order valence-corrected chi connectivity index (χ0v) is 18.1. The summed E-state index contributed by atoms with van der Waals surface area (Å²) in [5, 5.41) is 26.5. The Hall–Kier alpha value is -3.67. The number of fused-ring (bicyclic) bond motifs is 2. The van der Waals surface area contributed by atoms with Crippen molar-refractivity contribution in [3.63, 3.8) is 0 Å². The fourth-order valence-corrected chi connectivity index (χ4v) is 2.43. The third-order valence-corrected chi connectivity index (χ3v) is 3.78. The van der Waals surface area contributed by atoms with Gasteiger partial charge in [-0.3, -0.25) is 4.98 Å². The van der Waals surface area contributed by atoms with E-state index in [4.69, 9.17) is 5.11 Å². The Kier molecular flexibility index (Phi) is 11.4. The molecule has 0 aromatic carbocycles. The standard InChI is InChI=1S/C9H6FN3O4.C8H3FN3O3.2Li.H2O/c1-17-9(16)5-2-6(8(14)15)13-7(12-5)4(10)3-11-13;9-5-2-10-12-6(8(14)15)1-4(3-13)11-7(5)12;;;/h2-3H,1H3,(H,14,15);1-2H,(H,14,15);;;1H2/q;-1;2*+1;/p-2. The molecule has 4 aromatic rings. The van der Waals surface area contributed by atoms with Gasteiger partial charge in [-0.2, -0.15) is 16.3 Å². The second kappa shape index (κ2) is 12.7. The van der Waals surface area contributed by atoms with Gasteiger partial charge < -0.3 is 30.0 Å². The molecule has 0 aliphatic heterocycles. The van der Waals surface area contributed by atoms with Crippen LogP contribution in [0.3, 0.4) is 0 Å². The number of carbonyl (C=O) groups is 3. The molecule has 0 radical (unpaired) electrons. The molecule has 4 rings (SSSR count). The number of rotatable bonds is 4. The van der Waals surface area contributed by atoms with Crippen LogP contribution in [0.2, 0.25) is 0 Å². The molecule has 0 saturated carbocycles. The van der Waals surface area contributed by atoms with Crippen LogP contribution in [0.15, 0.2) is 24.5 Å². The van der Waals surface area contributed by atoms with Crippen molar-refractivity contribution in [1.82, 2.24) is 29.2 Å². The number of carbonyl (C=O) groups excluding carboxylic acids is 3. The number of aromatic nitrogens is 6. The molecule has 0 unspecified atom stereocenters. The number of carboxylic acids is 2. The fourth-order valence-electron chi connectivity index (χ4n) is 2.43. The summed E-state index contributed by atoms with van der Waals surface area (Å²) < 4.78 is 32.2. The molecule has 35 heavy (non-hydrogen) atoms. The van der Waals surface area contributed by atoms with Gasteiger partial charge in [0.2, 0.25) is 0 Å². The number of hydrogen-bond donors (Lipinski definition) is 1. The summed E-state index contributed by atoms with van der Waals surface area (Å²) in [5.74, 6) is -5.43. The number of hydrogen-bond acceptors (Lipinski definition) is 11. The Balaban J connectivity index is 0.000000612. The van der Waals surface area contributed by atoms with Crippen molar-refractivity contribution in [1.29, 1.82) is 0 Å². The molecule has 0 saturated heterocycles. The molecule has 0 bridgehead atoms. The summed E-state index contributed by atoms with van der Waals surface area (Å²) in [6.45, 7) is 0. The fraction of sp³-hybridized carbons (Fsp3) is 0.0588. The summed E-state index contributed by atoms with van der Waals surface area (Å²) in [5.41, 5.74) is -2.14. The van der Waals surface area contributed by atoms with E-state index in [0.717, 1.165) is 40.7 Å². The first-order valence-electron chi connectivity index (χ1n) is 8.17. The van der Waals surface area contributed by atoms with Crippen LogP contribution in [0.5, 0.6) is 0 Å². The topological polar surface area (TPSA) is 211 Å². The van der Waals surface area contributed by atoms with Crippen LogP contribution in [0.25, 0.3) is 11.3 Å². The number of methoxy groups -OCH3 is 1. The molecule has 4 heterocycles. The Labute approximate surface area is 216 Å². The largest absolute Gasteiger partial charge is 1.00 e. The quantitative estimate of drug-likeness (QED) is 0.165. The van der Waals surface area contributed by atoms with Crippen LogP contribution in [0.1, 0.15) is 37.2 Å². The van der Waals surface area contributed by atoms with Gasteiger partial charge in [0, 0.05) is 18.0 Å². The van der Waals surface area contributed by atoms with Crippen molar-refractivity contribution in [2.45, 2.75) is 0 Å². The number of aromatic carboxylic acids is 2. The van der Waals surface area contributed by atoms with Crippen LogP contribution in [-0.4, -0.2) is 71.1 Å². The molecule has 0 aliphatic rings. The van der Waals surface area contributed by atoms with Crippen molar-refractivity contribution in [3.05, 3.63) is 58.9 Å². The molecule has 0 fully saturated rings. The minimum Gasteiger partial charge on any atom is -0.870 e. The Morgan fingerprint density at radius 3 is 1.97 bits per heavy atom. The minimum atomic E-state index is -1.58. The van der Waals surface area contributed by atoms with Gasteiger partial charge in [-0.05, 0) is 0 Å². The molecule has 0 spiro atoms. The molecule has 172 valence electrons. The first-order valence-corrected chi connectivity index (χ1v) is 8.17. The summed E-state index contributed by atoms with van der Waals surface area (Å²) in [4.78, 5) is 50.2. The molecule has 18 heteroatoms. The van der Waals surface area contributed by atoms with Gasteiger partial charge in [-0.1, -0.05) is 5.69 Å². The first-order chi connectivity index (χ1) is 15.2. The van der Waals surface area contributed by atoms with Crippen LogP contribution >= 0.6 is 0 Å². The van der Waals surface area contributed by atoms with E-state index >= 15 is 0 Å². The molecular weight excluding hydrogens is 468 g/mol. The summed E-state index contributed by atoms with van der Waals surface area (Å²) in [7, 11) is 1.11. The van der Waals surface area contributed by atoms with Crippen LogP contribution < -0.4 is 42.8 Å². The van der Waals surface area contributed by atoms with Gasteiger partial charge in [0.15, 0.2) is 34.3 Å². The van der Waals surface area contributed by atoms with Gasteiger partial charge in [-0.25, -0.2) is 32.4 Å². The number of nitrogens with zero attached hydrogens (tertiary/aromatic N) is 6. The monoisotopic (exact) mass is 477 g/mol. The molecular formula is C17H9F2Li2N6O8-. The summed E-state index contributed by atoms with van der Waals surface area (Å²) in [6.07, 6.45) is 2.98. The van der Waals surface area contributed by atoms with Gasteiger partial charge in [0.1, 0.15) is 0 Å². The van der Waals surface area contributed by atoms with Crippen molar-refractivity contribution in [2.75, 3.05) is 7.11 Å². The van der Waals surface area contributed by atoms with E-state index in [1.54, 1.807) is 0 Å². The molecule has 0 amide bonds. The average molecular weight is 477 g/mol. The third kappa shape index (κ3) is 6.27. The molecule has 0 aliphatic carbocycles. The van der Waals surface area contributed by atoms with Crippen molar-refractivity contribution in [3.8, 4) is 0 Å². The van der Waals surface area contributed by atoms with Gasteiger partial charge in [-0.15, -0.1) is 0 Å². The SMILES string of the molecule is COC(=O)c1cc(C(=O)O)n2ncc(F)c2n1.O=[C-]c1cc(C(=O)[O-])n2ncc(F)c2n1.[Li+].[Li+].[OH-]. The Morgan fingerprint density at radius 1 is 1.00 bits per heavy atom. The van der Waals surface area contributed by atoms with E-state index in [9.17, 15) is 33.1 Å². The summed E-state index contributed by atoms with van der Waals surface area (Å²) >= 11 is 0. The Bertz CT molecular complexity index is 1410. The van der Waals surface area contributed by atoms with E-state index in [-0.39, 0.29) is 71.6 Å². The molecule has 0 atom stereocenters. The van der Waals surface area contributed by atoms with Crippen LogP contribution in [0, 0.1) is 11.6 Å². The molecule has 14 nitrogen and oxygen atoms in total. The normalized spacial score (nSPS) is 9.57. The number of esters is 1. The minimum absolute atomic E-state index is 0. The zero-order valence-electron chi connectivity index (χ0n) is 18.1. The second-order valence-electron chi connectivity index (χ2n) is 5.70. The smallest absolute Gasteiger partial charge is 0.870 e. The predicted octanol–water partition coefficient (Wildman–Crippen LogP) is -7.13. The van der Waals surface area contributed by atoms with Gasteiger partial charge in [0.05, 0.1) is 25.5 Å². The predicted molar refractivity (Wildman–Crippen MR) is 95.3 cm³/mol. The van der Waals surface area contributed by atoms with E-state index in [1.165, 1.54) is 6.29 Å². The summed E-state index contributed by atoms with van der Waals surface area (Å²) in [6, 6.07) is 1.87. The van der Waals surface area contributed by atoms with E-state index in [0.29, 0.717) is 0 Å². The van der Waals surface area contributed by atoms with E-state index in [1.807, 2.05) is 0 Å². The van der Waals surface area contributed by atoms with Gasteiger partial charge in [0.25, 0.3) is 0 Å². The maximum atomic E-state index is 13.2. The Morgan fingerprint density at radius 2 is 1.51 bits per heavy atom. The van der Waals surface area contributed by atoms with E-state index < -0.39 is 35.2 Å². The maximum Gasteiger partial charge on any atom is 1.00 e. The number of ether oxygens (including phenoxy) is 1. The molecule has 4 aromatic heterocycles. The maximum absolute atomic E-state index is 13.2. The molecule has 2 N–H and O–H groups in total. The van der Waals surface area contributed by atoms with Gasteiger partial charge >= 0.3 is 49.7 Å².